The summed E-state index contributed by atoms with van der Waals surface area (Å²) in [5.41, 5.74) is 1.04. The van der Waals surface area contributed by atoms with E-state index < -0.39 is 0 Å². The average Bonchev–Trinajstić information content (AvgIpc) is 1.80. The van der Waals surface area contributed by atoms with E-state index >= 15 is 0 Å². The van der Waals surface area contributed by atoms with Gasteiger partial charge < -0.3 is 0 Å². The first kappa shape index (κ1) is 7.15. The van der Waals surface area contributed by atoms with Gasteiger partial charge in [-0.3, -0.25) is 0 Å². The standard InChI is InChI=1S/C5H4Br2N2/c1-3-2-8-5(7)9-4(3)6/h2H,1H3. The van der Waals surface area contributed by atoms with Crippen LogP contribution in [0.3, 0.4) is 0 Å². The Kier molecular flexibility index (Phi) is 2.18. The molecule has 0 aliphatic rings. The van der Waals surface area contributed by atoms with Gasteiger partial charge in [-0.1, -0.05) is 0 Å². The summed E-state index contributed by atoms with van der Waals surface area (Å²) in [5, 5.41) is 0. The highest BCUT2D eigenvalue weighted by atomic mass is 79.9. The molecule has 0 aliphatic carbocycles. The molecule has 1 aromatic heterocycles. The molecule has 0 bridgehead atoms. The van der Waals surface area contributed by atoms with E-state index in [4.69, 9.17) is 0 Å². The zero-order valence-corrected chi connectivity index (χ0v) is 7.90. The number of halogens is 2. The van der Waals surface area contributed by atoms with Crippen LogP contribution in [0, 0.1) is 6.92 Å². The van der Waals surface area contributed by atoms with Gasteiger partial charge in [-0.05, 0) is 38.8 Å². The molecule has 0 unspecified atom stereocenters. The van der Waals surface area contributed by atoms with E-state index in [-0.39, 0.29) is 0 Å². The highest BCUT2D eigenvalue weighted by molar-refractivity contribution is 9.11. The van der Waals surface area contributed by atoms with Crippen molar-refractivity contribution in [2.45, 2.75) is 6.92 Å². The molecule has 0 fully saturated rings. The van der Waals surface area contributed by atoms with Crippen LogP contribution >= 0.6 is 31.9 Å². The van der Waals surface area contributed by atoms with Crippen LogP contribution in [-0.2, 0) is 0 Å². The number of aromatic nitrogens is 2. The maximum Gasteiger partial charge on any atom is 0.197 e. The Morgan fingerprint density at radius 3 is 2.56 bits per heavy atom. The number of hydrogen-bond acceptors (Lipinski definition) is 2. The van der Waals surface area contributed by atoms with Gasteiger partial charge in [0.1, 0.15) is 4.60 Å². The van der Waals surface area contributed by atoms with Gasteiger partial charge in [0.05, 0.1) is 0 Å². The highest BCUT2D eigenvalue weighted by Crippen LogP contribution is 2.13. The predicted molar refractivity (Wildman–Crippen MR) is 42.2 cm³/mol. The second-order valence-corrected chi connectivity index (χ2v) is 3.07. The largest absolute Gasteiger partial charge is 0.230 e. The minimum absolute atomic E-state index is 0.611. The molecule has 0 saturated heterocycles. The Morgan fingerprint density at radius 1 is 1.44 bits per heavy atom. The lowest BCUT2D eigenvalue weighted by atomic mass is 10.4. The van der Waals surface area contributed by atoms with Crippen molar-refractivity contribution in [3.05, 3.63) is 21.1 Å². The van der Waals surface area contributed by atoms with Gasteiger partial charge >= 0.3 is 0 Å². The molecule has 1 heterocycles. The SMILES string of the molecule is Cc1cnc(Br)nc1Br. The van der Waals surface area contributed by atoms with Gasteiger partial charge in [-0.15, -0.1) is 0 Å². The minimum atomic E-state index is 0.611. The van der Waals surface area contributed by atoms with E-state index in [1.54, 1.807) is 6.20 Å². The van der Waals surface area contributed by atoms with Crippen molar-refractivity contribution in [3.8, 4) is 0 Å². The van der Waals surface area contributed by atoms with E-state index in [9.17, 15) is 0 Å². The van der Waals surface area contributed by atoms with E-state index in [0.29, 0.717) is 4.73 Å². The minimum Gasteiger partial charge on any atom is -0.230 e. The summed E-state index contributed by atoms with van der Waals surface area (Å²) in [4.78, 5) is 7.91. The number of hydrogen-bond donors (Lipinski definition) is 0. The third-order valence-electron chi connectivity index (χ3n) is 0.881. The fraction of sp³-hybridized carbons (Fsp3) is 0.200. The predicted octanol–water partition coefficient (Wildman–Crippen LogP) is 2.31. The summed E-state index contributed by atoms with van der Waals surface area (Å²) in [5.74, 6) is 0. The molecule has 0 radical (unpaired) electrons. The zero-order valence-electron chi connectivity index (χ0n) is 4.73. The second kappa shape index (κ2) is 2.75. The molecule has 48 valence electrons. The maximum atomic E-state index is 4.00. The van der Waals surface area contributed by atoms with Gasteiger partial charge in [0.2, 0.25) is 0 Å². The van der Waals surface area contributed by atoms with Crippen LogP contribution in [-0.4, -0.2) is 9.97 Å². The molecule has 0 aromatic carbocycles. The molecular formula is C5H4Br2N2. The first-order chi connectivity index (χ1) is 4.20. The van der Waals surface area contributed by atoms with Crippen molar-refractivity contribution < 1.29 is 0 Å². The molecule has 1 aromatic rings. The van der Waals surface area contributed by atoms with Crippen molar-refractivity contribution >= 4 is 31.9 Å². The van der Waals surface area contributed by atoms with Crippen LogP contribution in [0.5, 0.6) is 0 Å². The summed E-state index contributed by atoms with van der Waals surface area (Å²) in [6.07, 6.45) is 1.75. The Morgan fingerprint density at radius 2 is 2.11 bits per heavy atom. The molecular weight excluding hydrogens is 248 g/mol. The van der Waals surface area contributed by atoms with Gasteiger partial charge in [-0.25, -0.2) is 9.97 Å². The van der Waals surface area contributed by atoms with Crippen molar-refractivity contribution in [2.75, 3.05) is 0 Å². The average molecular weight is 252 g/mol. The summed E-state index contributed by atoms with van der Waals surface area (Å²) < 4.78 is 1.45. The summed E-state index contributed by atoms with van der Waals surface area (Å²) >= 11 is 6.41. The fourth-order valence-electron chi connectivity index (χ4n) is 0.401. The molecule has 0 N–H and O–H groups in total. The lowest BCUT2D eigenvalue weighted by Crippen LogP contribution is -1.85. The first-order valence-electron chi connectivity index (χ1n) is 2.35. The first-order valence-corrected chi connectivity index (χ1v) is 3.93. The third kappa shape index (κ3) is 1.72. The summed E-state index contributed by atoms with van der Waals surface area (Å²) in [6.45, 7) is 1.94. The fourth-order valence-corrected chi connectivity index (χ4v) is 1.19. The smallest absolute Gasteiger partial charge is 0.197 e. The van der Waals surface area contributed by atoms with Crippen LogP contribution in [0.25, 0.3) is 0 Å². The van der Waals surface area contributed by atoms with Crippen molar-refractivity contribution in [2.24, 2.45) is 0 Å². The molecule has 1 rings (SSSR count). The van der Waals surface area contributed by atoms with E-state index in [1.807, 2.05) is 6.92 Å². The summed E-state index contributed by atoms with van der Waals surface area (Å²) in [7, 11) is 0. The molecule has 9 heavy (non-hydrogen) atoms. The van der Waals surface area contributed by atoms with Crippen LogP contribution in [0.4, 0.5) is 0 Å². The van der Waals surface area contributed by atoms with E-state index in [0.717, 1.165) is 10.2 Å². The quantitative estimate of drug-likeness (QED) is 0.523. The molecule has 0 amide bonds. The number of aryl methyl sites for hydroxylation is 1. The van der Waals surface area contributed by atoms with Gasteiger partial charge in [0.15, 0.2) is 4.73 Å². The molecule has 0 atom stereocenters. The Balaban J connectivity index is 3.17. The Bertz CT molecular complexity index is 224. The summed E-state index contributed by atoms with van der Waals surface area (Å²) in [6, 6.07) is 0. The number of rotatable bonds is 0. The van der Waals surface area contributed by atoms with Crippen LogP contribution in [0.15, 0.2) is 15.5 Å². The molecule has 0 saturated carbocycles. The monoisotopic (exact) mass is 250 g/mol. The topological polar surface area (TPSA) is 25.8 Å². The lowest BCUT2D eigenvalue weighted by molar-refractivity contribution is 1.05. The molecule has 2 nitrogen and oxygen atoms in total. The van der Waals surface area contributed by atoms with Crippen LogP contribution in [0.1, 0.15) is 5.56 Å². The lowest BCUT2D eigenvalue weighted by Gasteiger charge is -1.93. The maximum absolute atomic E-state index is 4.00. The second-order valence-electron chi connectivity index (χ2n) is 1.61. The third-order valence-corrected chi connectivity index (χ3v) is 2.07. The molecule has 4 heteroatoms. The van der Waals surface area contributed by atoms with Gasteiger partial charge in [0, 0.05) is 11.8 Å². The van der Waals surface area contributed by atoms with Crippen molar-refractivity contribution in [3.63, 3.8) is 0 Å². The molecule has 0 spiro atoms. The van der Waals surface area contributed by atoms with Crippen LogP contribution in [0.2, 0.25) is 0 Å². The normalized spacial score (nSPS) is 9.67. The Hall–Kier alpha value is 0.0400. The number of nitrogens with zero attached hydrogens (tertiary/aromatic N) is 2. The van der Waals surface area contributed by atoms with E-state index in [2.05, 4.69) is 41.8 Å². The van der Waals surface area contributed by atoms with Gasteiger partial charge in [0.25, 0.3) is 0 Å². The highest BCUT2D eigenvalue weighted by Gasteiger charge is 1.95. The van der Waals surface area contributed by atoms with Crippen molar-refractivity contribution in [1.82, 2.24) is 9.97 Å². The molecule has 0 aliphatic heterocycles. The van der Waals surface area contributed by atoms with E-state index in [1.165, 1.54) is 0 Å². The van der Waals surface area contributed by atoms with Crippen molar-refractivity contribution in [1.29, 1.82) is 0 Å². The Labute approximate surface area is 70.0 Å². The zero-order chi connectivity index (χ0) is 6.85. The van der Waals surface area contributed by atoms with Crippen LogP contribution < -0.4 is 0 Å². The van der Waals surface area contributed by atoms with Gasteiger partial charge in [-0.2, -0.15) is 0 Å².